The molecule has 3 aliphatic heterocycles. The predicted molar refractivity (Wildman–Crippen MR) is 147 cm³/mol. The Morgan fingerprint density at radius 3 is 2.60 bits per heavy atom. The first-order chi connectivity index (χ1) is 19.3. The lowest BCUT2D eigenvalue weighted by molar-refractivity contribution is -0.147. The second kappa shape index (κ2) is 9.25. The monoisotopic (exact) mass is 540 g/mol. The van der Waals surface area contributed by atoms with Crippen LogP contribution in [0, 0.1) is 5.41 Å². The van der Waals surface area contributed by atoms with Crippen molar-refractivity contribution in [3.8, 4) is 0 Å². The SMILES string of the molecule is CC1(C(=O)N2CCC(c3cn(Cc4ccc5c6c(cccc46)C(=O)N5C4CCC(=O)NC4=O)nn3)CC2)CCC1. The Morgan fingerprint density at radius 2 is 1.88 bits per heavy atom. The van der Waals surface area contributed by atoms with E-state index < -0.39 is 11.9 Å². The summed E-state index contributed by atoms with van der Waals surface area (Å²) >= 11 is 0. The van der Waals surface area contributed by atoms with Crippen molar-refractivity contribution >= 4 is 40.1 Å². The zero-order chi connectivity index (χ0) is 27.6. The van der Waals surface area contributed by atoms with Crippen LogP contribution in [0.25, 0.3) is 10.8 Å². The van der Waals surface area contributed by atoms with Gasteiger partial charge in [-0.2, -0.15) is 0 Å². The van der Waals surface area contributed by atoms with Gasteiger partial charge in [-0.05, 0) is 55.2 Å². The average Bonchev–Trinajstić information content (AvgIpc) is 3.52. The molecule has 0 radical (unpaired) electrons. The number of nitrogens with zero attached hydrogens (tertiary/aromatic N) is 5. The lowest BCUT2D eigenvalue weighted by Gasteiger charge is -2.42. The van der Waals surface area contributed by atoms with E-state index in [0.717, 1.165) is 67.2 Å². The highest BCUT2D eigenvalue weighted by Gasteiger charge is 2.43. The maximum Gasteiger partial charge on any atom is 0.259 e. The van der Waals surface area contributed by atoms with Gasteiger partial charge in [0.1, 0.15) is 6.04 Å². The number of likely N-dealkylation sites (tertiary alicyclic amines) is 1. The van der Waals surface area contributed by atoms with Gasteiger partial charge in [-0.15, -0.1) is 5.10 Å². The van der Waals surface area contributed by atoms with Crippen LogP contribution >= 0.6 is 0 Å². The molecule has 1 N–H and O–H groups in total. The van der Waals surface area contributed by atoms with Gasteiger partial charge in [-0.1, -0.05) is 36.8 Å². The number of amides is 4. The van der Waals surface area contributed by atoms with Crippen molar-refractivity contribution in [2.24, 2.45) is 5.41 Å². The fraction of sp³-hybridized carbons (Fsp3) is 0.467. The van der Waals surface area contributed by atoms with Gasteiger partial charge in [0, 0.05) is 48.0 Å². The zero-order valence-electron chi connectivity index (χ0n) is 22.6. The van der Waals surface area contributed by atoms with E-state index in [1.165, 1.54) is 0 Å². The first-order valence-corrected chi connectivity index (χ1v) is 14.2. The van der Waals surface area contributed by atoms with E-state index in [0.29, 0.717) is 30.1 Å². The molecule has 1 unspecified atom stereocenters. The van der Waals surface area contributed by atoms with E-state index in [9.17, 15) is 19.2 Å². The summed E-state index contributed by atoms with van der Waals surface area (Å²) in [6.45, 7) is 4.12. The Hall–Kier alpha value is -4.08. The minimum Gasteiger partial charge on any atom is -0.342 e. The molecule has 1 aromatic heterocycles. The Kier molecular flexibility index (Phi) is 5.76. The number of carbonyl (C=O) groups is 4. The number of nitrogens with one attached hydrogen (secondary N) is 1. The molecular weight excluding hydrogens is 508 g/mol. The maximum absolute atomic E-state index is 13.4. The molecule has 206 valence electrons. The van der Waals surface area contributed by atoms with Gasteiger partial charge in [0.2, 0.25) is 17.7 Å². The molecule has 2 saturated heterocycles. The molecule has 1 saturated carbocycles. The second-order valence-electron chi connectivity index (χ2n) is 11.9. The molecule has 0 bridgehead atoms. The lowest BCUT2D eigenvalue weighted by Crippen LogP contribution is -2.53. The largest absolute Gasteiger partial charge is 0.342 e. The number of hydrogen-bond acceptors (Lipinski definition) is 6. The van der Waals surface area contributed by atoms with E-state index in [2.05, 4.69) is 22.6 Å². The zero-order valence-corrected chi connectivity index (χ0v) is 22.6. The molecule has 3 fully saturated rings. The highest BCUT2D eigenvalue weighted by Crippen LogP contribution is 2.43. The van der Waals surface area contributed by atoms with Gasteiger partial charge < -0.3 is 4.90 Å². The van der Waals surface area contributed by atoms with Crippen LogP contribution < -0.4 is 10.2 Å². The third kappa shape index (κ3) is 3.91. The molecule has 4 amide bonds. The number of aromatic nitrogens is 3. The summed E-state index contributed by atoms with van der Waals surface area (Å²) in [7, 11) is 0. The minimum absolute atomic E-state index is 0.154. The summed E-state index contributed by atoms with van der Waals surface area (Å²) in [4.78, 5) is 54.2. The highest BCUT2D eigenvalue weighted by molar-refractivity contribution is 6.27. The lowest BCUT2D eigenvalue weighted by atomic mass is 9.69. The van der Waals surface area contributed by atoms with Crippen LogP contribution in [-0.4, -0.2) is 62.7 Å². The number of imide groups is 1. The molecule has 2 aromatic carbocycles. The normalized spacial score (nSPS) is 22.5. The number of anilines is 1. The number of rotatable bonds is 5. The highest BCUT2D eigenvalue weighted by atomic mass is 16.2. The van der Waals surface area contributed by atoms with Crippen LogP contribution in [0.5, 0.6) is 0 Å². The van der Waals surface area contributed by atoms with Gasteiger partial charge >= 0.3 is 0 Å². The topological polar surface area (TPSA) is 118 Å². The van der Waals surface area contributed by atoms with Gasteiger partial charge in [0.25, 0.3) is 5.91 Å². The van der Waals surface area contributed by atoms with Crippen LogP contribution in [0.3, 0.4) is 0 Å². The Morgan fingerprint density at radius 1 is 1.07 bits per heavy atom. The Balaban J connectivity index is 1.09. The van der Waals surface area contributed by atoms with Crippen LogP contribution in [0.15, 0.2) is 36.5 Å². The molecule has 1 atom stereocenters. The predicted octanol–water partition coefficient (Wildman–Crippen LogP) is 3.14. The third-order valence-electron chi connectivity index (χ3n) is 9.40. The summed E-state index contributed by atoms with van der Waals surface area (Å²) in [5.41, 5.74) is 3.07. The minimum atomic E-state index is -0.706. The van der Waals surface area contributed by atoms with Crippen LogP contribution in [-0.2, 0) is 20.9 Å². The first kappa shape index (κ1) is 24.9. The molecular formula is C30H32N6O4. The number of benzene rings is 2. The molecule has 7 rings (SSSR count). The summed E-state index contributed by atoms with van der Waals surface area (Å²) in [6, 6.07) is 8.81. The van der Waals surface area contributed by atoms with Gasteiger partial charge in [0.05, 0.1) is 17.9 Å². The van der Waals surface area contributed by atoms with E-state index in [1.807, 2.05) is 40.0 Å². The van der Waals surface area contributed by atoms with Crippen LogP contribution in [0.4, 0.5) is 5.69 Å². The van der Waals surface area contributed by atoms with Crippen molar-refractivity contribution < 1.29 is 19.2 Å². The molecule has 10 nitrogen and oxygen atoms in total. The van der Waals surface area contributed by atoms with E-state index in [4.69, 9.17) is 0 Å². The van der Waals surface area contributed by atoms with Crippen molar-refractivity contribution in [1.82, 2.24) is 25.2 Å². The summed E-state index contributed by atoms with van der Waals surface area (Å²) in [5, 5.41) is 13.0. The third-order valence-corrected chi connectivity index (χ3v) is 9.40. The summed E-state index contributed by atoms with van der Waals surface area (Å²) in [6.07, 6.45) is 7.44. The Bertz CT molecular complexity index is 1570. The van der Waals surface area contributed by atoms with E-state index in [1.54, 1.807) is 11.0 Å². The van der Waals surface area contributed by atoms with Gasteiger partial charge in [-0.25, -0.2) is 4.68 Å². The van der Waals surface area contributed by atoms with Crippen molar-refractivity contribution in [1.29, 1.82) is 0 Å². The van der Waals surface area contributed by atoms with Gasteiger partial charge in [0.15, 0.2) is 0 Å². The number of piperidine rings is 2. The first-order valence-electron chi connectivity index (χ1n) is 14.2. The summed E-state index contributed by atoms with van der Waals surface area (Å²) in [5.74, 6) is -0.370. The van der Waals surface area contributed by atoms with E-state index in [-0.39, 0.29) is 29.6 Å². The van der Waals surface area contributed by atoms with Crippen molar-refractivity contribution in [2.45, 2.75) is 70.4 Å². The summed E-state index contributed by atoms with van der Waals surface area (Å²) < 4.78 is 1.83. The molecule has 40 heavy (non-hydrogen) atoms. The van der Waals surface area contributed by atoms with Crippen molar-refractivity contribution in [2.75, 3.05) is 18.0 Å². The van der Waals surface area contributed by atoms with Crippen LogP contribution in [0.1, 0.15) is 79.4 Å². The molecule has 1 aliphatic carbocycles. The molecule has 4 heterocycles. The molecule has 3 aromatic rings. The molecule has 0 spiro atoms. The maximum atomic E-state index is 13.4. The quantitative estimate of drug-likeness (QED) is 0.497. The average molecular weight is 541 g/mol. The van der Waals surface area contributed by atoms with Gasteiger partial charge in [-0.3, -0.25) is 29.4 Å². The smallest absolute Gasteiger partial charge is 0.259 e. The van der Waals surface area contributed by atoms with Crippen LogP contribution in [0.2, 0.25) is 0 Å². The van der Waals surface area contributed by atoms with Crippen molar-refractivity contribution in [3.05, 3.63) is 53.3 Å². The van der Waals surface area contributed by atoms with E-state index >= 15 is 0 Å². The number of carbonyl (C=O) groups excluding carboxylic acids is 4. The fourth-order valence-electron chi connectivity index (χ4n) is 6.88. The van der Waals surface area contributed by atoms with Crippen molar-refractivity contribution in [3.63, 3.8) is 0 Å². The molecule has 4 aliphatic rings. The number of hydrogen-bond donors (Lipinski definition) is 1. The fourth-order valence-corrected chi connectivity index (χ4v) is 6.88. The standard InChI is InChI=1S/C30H32N6O4/c1-30(12-3-13-30)29(40)34-14-10-18(11-15-34)22-17-35(33-32-22)16-19-6-7-23-26-20(19)4-2-5-21(26)28(39)36(23)24-8-9-25(37)31-27(24)38/h2,4-7,17-18,24H,3,8-16H2,1H3,(H,31,37,38). The molecule has 10 heteroatoms. The Labute approximate surface area is 231 Å². The second-order valence-corrected chi connectivity index (χ2v) is 11.9.